The van der Waals surface area contributed by atoms with Crippen molar-refractivity contribution in [2.24, 2.45) is 0 Å². The topological polar surface area (TPSA) is 41.5 Å². The molecule has 1 heterocycles. The predicted octanol–water partition coefficient (Wildman–Crippen LogP) is 1.85. The van der Waals surface area contributed by atoms with Crippen molar-refractivity contribution in [3.05, 3.63) is 22.2 Å². The maximum absolute atomic E-state index is 9.73. The van der Waals surface area contributed by atoms with Crippen LogP contribution in [0.5, 0.6) is 11.5 Å². The third kappa shape index (κ3) is 1.60. The summed E-state index contributed by atoms with van der Waals surface area (Å²) in [6.07, 6.45) is 0. The first-order valence-electron chi connectivity index (χ1n) is 4.49. The summed E-state index contributed by atoms with van der Waals surface area (Å²) in [7, 11) is 1.62. The minimum atomic E-state index is 0.337. The molecule has 4 heteroatoms. The van der Waals surface area contributed by atoms with E-state index in [1.54, 1.807) is 13.2 Å². The molecule has 0 bridgehead atoms. The minimum Gasteiger partial charge on any atom is -0.508 e. The standard InChI is InChI=1S/C10H12BrNO2/c1-14-10-2-7(6-4-12-5-6)9(13)3-8(10)11/h2-3,6,12-13H,4-5H2,1H3. The largest absolute Gasteiger partial charge is 0.508 e. The number of hydrogen-bond acceptors (Lipinski definition) is 3. The molecule has 0 atom stereocenters. The lowest BCUT2D eigenvalue weighted by atomic mass is 9.93. The molecule has 1 fully saturated rings. The molecule has 1 aromatic carbocycles. The van der Waals surface area contributed by atoms with E-state index in [0.717, 1.165) is 28.9 Å². The highest BCUT2D eigenvalue weighted by atomic mass is 79.9. The van der Waals surface area contributed by atoms with E-state index < -0.39 is 0 Å². The van der Waals surface area contributed by atoms with Crippen molar-refractivity contribution in [3.8, 4) is 11.5 Å². The Bertz CT molecular complexity index is 350. The zero-order valence-electron chi connectivity index (χ0n) is 7.88. The number of benzene rings is 1. The van der Waals surface area contributed by atoms with Gasteiger partial charge in [-0.3, -0.25) is 0 Å². The lowest BCUT2D eigenvalue weighted by molar-refractivity contribution is 0.393. The van der Waals surface area contributed by atoms with Crippen molar-refractivity contribution >= 4 is 15.9 Å². The molecule has 76 valence electrons. The third-order valence-corrected chi connectivity index (χ3v) is 3.14. The van der Waals surface area contributed by atoms with Crippen LogP contribution in [-0.4, -0.2) is 25.3 Å². The van der Waals surface area contributed by atoms with Crippen LogP contribution in [0.15, 0.2) is 16.6 Å². The van der Waals surface area contributed by atoms with Crippen LogP contribution in [0.2, 0.25) is 0 Å². The lowest BCUT2D eigenvalue weighted by Crippen LogP contribution is -2.39. The molecular formula is C10H12BrNO2. The number of phenolic OH excluding ortho intramolecular Hbond substituents is 1. The molecule has 0 aliphatic carbocycles. The van der Waals surface area contributed by atoms with Crippen LogP contribution >= 0.6 is 15.9 Å². The highest BCUT2D eigenvalue weighted by molar-refractivity contribution is 9.10. The zero-order valence-corrected chi connectivity index (χ0v) is 9.47. The average Bonchev–Trinajstić information content (AvgIpc) is 2.06. The number of halogens is 1. The summed E-state index contributed by atoms with van der Waals surface area (Å²) in [6, 6.07) is 3.58. The average molecular weight is 258 g/mol. The molecule has 3 nitrogen and oxygen atoms in total. The second-order valence-electron chi connectivity index (χ2n) is 3.40. The number of ether oxygens (including phenoxy) is 1. The van der Waals surface area contributed by atoms with Crippen LogP contribution in [0, 0.1) is 0 Å². The molecule has 1 saturated heterocycles. The highest BCUT2D eigenvalue weighted by Crippen LogP contribution is 2.36. The van der Waals surface area contributed by atoms with Crippen LogP contribution in [-0.2, 0) is 0 Å². The van der Waals surface area contributed by atoms with Gasteiger partial charge in [0.1, 0.15) is 11.5 Å². The summed E-state index contributed by atoms with van der Waals surface area (Å²) in [4.78, 5) is 0. The van der Waals surface area contributed by atoms with Crippen molar-refractivity contribution < 1.29 is 9.84 Å². The molecule has 14 heavy (non-hydrogen) atoms. The van der Waals surface area contributed by atoms with E-state index in [-0.39, 0.29) is 0 Å². The Morgan fingerprint density at radius 2 is 2.21 bits per heavy atom. The van der Waals surface area contributed by atoms with E-state index in [1.165, 1.54) is 0 Å². The molecule has 1 aromatic rings. The highest BCUT2D eigenvalue weighted by Gasteiger charge is 2.23. The Morgan fingerprint density at radius 1 is 1.50 bits per heavy atom. The van der Waals surface area contributed by atoms with E-state index >= 15 is 0 Å². The first-order chi connectivity index (χ1) is 6.72. The fourth-order valence-electron chi connectivity index (χ4n) is 1.55. The number of phenols is 1. The molecule has 0 unspecified atom stereocenters. The molecule has 0 aromatic heterocycles. The Labute approximate surface area is 91.2 Å². The molecule has 0 spiro atoms. The summed E-state index contributed by atoms with van der Waals surface area (Å²) in [5.74, 6) is 1.52. The van der Waals surface area contributed by atoms with Crippen LogP contribution < -0.4 is 10.1 Å². The quantitative estimate of drug-likeness (QED) is 0.850. The molecule has 2 N–H and O–H groups in total. The monoisotopic (exact) mass is 257 g/mol. The number of aromatic hydroxyl groups is 1. The van der Waals surface area contributed by atoms with E-state index in [9.17, 15) is 5.11 Å². The summed E-state index contributed by atoms with van der Waals surface area (Å²) >= 11 is 3.33. The van der Waals surface area contributed by atoms with E-state index in [0.29, 0.717) is 11.7 Å². The van der Waals surface area contributed by atoms with Gasteiger partial charge in [0, 0.05) is 24.6 Å². The number of rotatable bonds is 2. The Morgan fingerprint density at radius 3 is 2.71 bits per heavy atom. The number of methoxy groups -OCH3 is 1. The minimum absolute atomic E-state index is 0.337. The van der Waals surface area contributed by atoms with Crippen molar-refractivity contribution in [2.45, 2.75) is 5.92 Å². The molecule has 0 amide bonds. The maximum Gasteiger partial charge on any atom is 0.133 e. The van der Waals surface area contributed by atoms with Gasteiger partial charge in [0.25, 0.3) is 0 Å². The van der Waals surface area contributed by atoms with Gasteiger partial charge < -0.3 is 15.2 Å². The first kappa shape index (κ1) is 9.80. The van der Waals surface area contributed by atoms with Crippen LogP contribution in [0.3, 0.4) is 0 Å². The second kappa shape index (κ2) is 3.79. The molecule has 1 aliphatic rings. The van der Waals surface area contributed by atoms with Gasteiger partial charge >= 0.3 is 0 Å². The second-order valence-corrected chi connectivity index (χ2v) is 4.26. The zero-order chi connectivity index (χ0) is 10.1. The molecule has 0 radical (unpaired) electrons. The van der Waals surface area contributed by atoms with Crippen molar-refractivity contribution in [1.82, 2.24) is 5.32 Å². The normalized spacial score (nSPS) is 16.4. The SMILES string of the molecule is COc1cc(C2CNC2)c(O)cc1Br. The van der Waals surface area contributed by atoms with Crippen molar-refractivity contribution in [1.29, 1.82) is 0 Å². The first-order valence-corrected chi connectivity index (χ1v) is 5.28. The predicted molar refractivity (Wildman–Crippen MR) is 58.0 cm³/mol. The van der Waals surface area contributed by atoms with Gasteiger partial charge in [0.05, 0.1) is 11.6 Å². The van der Waals surface area contributed by atoms with Crippen LogP contribution in [0.4, 0.5) is 0 Å². The van der Waals surface area contributed by atoms with E-state index in [1.807, 2.05) is 6.07 Å². The fraction of sp³-hybridized carbons (Fsp3) is 0.400. The van der Waals surface area contributed by atoms with Gasteiger partial charge in [-0.15, -0.1) is 0 Å². The summed E-state index contributed by atoms with van der Waals surface area (Å²) in [5, 5.41) is 12.9. The Kier molecular flexibility index (Phi) is 2.65. The number of hydrogen-bond donors (Lipinski definition) is 2. The van der Waals surface area contributed by atoms with Gasteiger partial charge in [0.15, 0.2) is 0 Å². The van der Waals surface area contributed by atoms with Gasteiger partial charge in [-0.05, 0) is 28.1 Å². The lowest BCUT2D eigenvalue weighted by Gasteiger charge is -2.28. The van der Waals surface area contributed by atoms with Crippen molar-refractivity contribution in [3.63, 3.8) is 0 Å². The van der Waals surface area contributed by atoms with E-state index in [4.69, 9.17) is 4.74 Å². The summed E-state index contributed by atoms with van der Waals surface area (Å²) in [6.45, 7) is 1.86. The number of nitrogens with one attached hydrogen (secondary N) is 1. The smallest absolute Gasteiger partial charge is 0.133 e. The Balaban J connectivity index is 2.38. The fourth-order valence-corrected chi connectivity index (χ4v) is 2.04. The van der Waals surface area contributed by atoms with E-state index in [2.05, 4.69) is 21.2 Å². The van der Waals surface area contributed by atoms with Gasteiger partial charge in [-0.25, -0.2) is 0 Å². The van der Waals surface area contributed by atoms with Crippen LogP contribution in [0.1, 0.15) is 11.5 Å². The molecule has 0 saturated carbocycles. The summed E-state index contributed by atoms with van der Waals surface area (Å²) in [5.41, 5.74) is 0.962. The molecule has 2 rings (SSSR count). The molecule has 1 aliphatic heterocycles. The van der Waals surface area contributed by atoms with Crippen LogP contribution in [0.25, 0.3) is 0 Å². The maximum atomic E-state index is 9.73. The Hall–Kier alpha value is -0.740. The van der Waals surface area contributed by atoms with Gasteiger partial charge in [0.2, 0.25) is 0 Å². The van der Waals surface area contributed by atoms with Gasteiger partial charge in [-0.2, -0.15) is 0 Å². The third-order valence-electron chi connectivity index (χ3n) is 2.52. The van der Waals surface area contributed by atoms with Gasteiger partial charge in [-0.1, -0.05) is 0 Å². The molecular weight excluding hydrogens is 246 g/mol. The van der Waals surface area contributed by atoms with Crippen molar-refractivity contribution in [2.75, 3.05) is 20.2 Å². The summed E-state index contributed by atoms with van der Waals surface area (Å²) < 4.78 is 5.97.